The fourth-order valence-electron chi connectivity index (χ4n) is 3.79. The van der Waals surface area contributed by atoms with Gasteiger partial charge in [0.25, 0.3) is 5.91 Å². The first kappa shape index (κ1) is 21.0. The molecule has 0 radical (unpaired) electrons. The van der Waals surface area contributed by atoms with Crippen LogP contribution in [0.3, 0.4) is 0 Å². The number of aryl methyl sites for hydroxylation is 1. The number of carbonyl (C=O) groups excluding carboxylic acids is 1. The van der Waals surface area contributed by atoms with Crippen molar-refractivity contribution in [2.75, 3.05) is 10.6 Å². The monoisotopic (exact) mass is 458 g/mol. The molecule has 0 unspecified atom stereocenters. The lowest BCUT2D eigenvalue weighted by molar-refractivity contribution is 0.102. The zero-order valence-electron chi connectivity index (χ0n) is 17.7. The summed E-state index contributed by atoms with van der Waals surface area (Å²) in [6.45, 7) is 2.03. The molecular weight excluding hydrogens is 439 g/mol. The van der Waals surface area contributed by atoms with E-state index < -0.39 is 0 Å². The summed E-state index contributed by atoms with van der Waals surface area (Å²) in [5.74, 6) is -0.0397. The summed E-state index contributed by atoms with van der Waals surface area (Å²) in [6, 6.07) is 21.0. The van der Waals surface area contributed by atoms with Crippen LogP contribution in [-0.2, 0) is 0 Å². The van der Waals surface area contributed by atoms with Crippen molar-refractivity contribution in [1.82, 2.24) is 9.78 Å². The van der Waals surface area contributed by atoms with Gasteiger partial charge in [0.2, 0.25) is 0 Å². The van der Waals surface area contributed by atoms with E-state index in [0.29, 0.717) is 22.1 Å². The Hall–Kier alpha value is -3.90. The zero-order valence-corrected chi connectivity index (χ0v) is 18.5. The van der Waals surface area contributed by atoms with Crippen LogP contribution in [0, 0.1) is 12.7 Å². The van der Waals surface area contributed by atoms with E-state index in [9.17, 15) is 9.18 Å². The van der Waals surface area contributed by atoms with Crippen LogP contribution >= 0.6 is 11.6 Å². The van der Waals surface area contributed by atoms with Gasteiger partial charge in [0.1, 0.15) is 17.2 Å². The number of allylic oxidation sites excluding steroid dienone is 1. The Morgan fingerprint density at radius 1 is 1.03 bits per heavy atom. The fraction of sp³-hybridized carbons (Fsp3) is 0.0769. The molecular formula is C26H20ClFN4O. The first-order valence-electron chi connectivity index (χ1n) is 10.4. The molecule has 1 atom stereocenters. The van der Waals surface area contributed by atoms with Crippen molar-refractivity contribution in [2.45, 2.75) is 13.0 Å². The summed E-state index contributed by atoms with van der Waals surface area (Å²) < 4.78 is 15.3. The van der Waals surface area contributed by atoms with Gasteiger partial charge in [0, 0.05) is 16.4 Å². The predicted octanol–water partition coefficient (Wildman–Crippen LogP) is 6.29. The number of halogens is 2. The molecule has 0 aliphatic carbocycles. The van der Waals surface area contributed by atoms with Crippen molar-refractivity contribution in [1.29, 1.82) is 0 Å². The maximum absolute atomic E-state index is 13.6. The van der Waals surface area contributed by atoms with Crippen LogP contribution in [0.4, 0.5) is 15.9 Å². The highest BCUT2D eigenvalue weighted by atomic mass is 35.5. The van der Waals surface area contributed by atoms with E-state index in [1.165, 1.54) is 18.3 Å². The summed E-state index contributed by atoms with van der Waals surface area (Å²) in [5, 5.41) is 11.3. The van der Waals surface area contributed by atoms with Crippen molar-refractivity contribution >= 4 is 34.7 Å². The Kier molecular flexibility index (Phi) is 5.44. The lowest BCUT2D eigenvalue weighted by atomic mass is 10.0. The van der Waals surface area contributed by atoms with Gasteiger partial charge in [0.15, 0.2) is 0 Å². The quantitative estimate of drug-likeness (QED) is 0.377. The molecule has 2 heterocycles. The molecule has 5 rings (SSSR count). The average molecular weight is 459 g/mol. The average Bonchev–Trinajstić information content (AvgIpc) is 3.25. The van der Waals surface area contributed by atoms with Crippen molar-refractivity contribution in [3.63, 3.8) is 0 Å². The first-order chi connectivity index (χ1) is 16.0. The third kappa shape index (κ3) is 4.25. The third-order valence-corrected chi connectivity index (χ3v) is 5.81. The normalized spacial score (nSPS) is 14.8. The summed E-state index contributed by atoms with van der Waals surface area (Å²) in [6.07, 6.45) is 3.56. The number of hydrogen-bond donors (Lipinski definition) is 2. The molecule has 33 heavy (non-hydrogen) atoms. The summed E-state index contributed by atoms with van der Waals surface area (Å²) in [4.78, 5) is 13.1. The number of aromatic nitrogens is 2. The van der Waals surface area contributed by atoms with Gasteiger partial charge in [-0.1, -0.05) is 53.6 Å². The zero-order chi connectivity index (χ0) is 22.9. The van der Waals surface area contributed by atoms with Crippen molar-refractivity contribution in [2.24, 2.45) is 0 Å². The van der Waals surface area contributed by atoms with Crippen molar-refractivity contribution in [3.8, 4) is 0 Å². The second-order valence-electron chi connectivity index (χ2n) is 7.88. The molecule has 7 heteroatoms. The maximum atomic E-state index is 13.6. The Balaban J connectivity index is 1.55. The third-order valence-electron chi connectivity index (χ3n) is 5.56. The minimum Gasteiger partial charge on any atom is -0.339 e. The van der Waals surface area contributed by atoms with Crippen LogP contribution in [0.2, 0.25) is 5.02 Å². The van der Waals surface area contributed by atoms with Gasteiger partial charge in [-0.25, -0.2) is 9.07 Å². The molecule has 5 nitrogen and oxygen atoms in total. The van der Waals surface area contributed by atoms with Crippen LogP contribution in [0.25, 0.3) is 5.70 Å². The summed E-state index contributed by atoms with van der Waals surface area (Å²) in [7, 11) is 0. The molecule has 0 bridgehead atoms. The topological polar surface area (TPSA) is 59.0 Å². The maximum Gasteiger partial charge on any atom is 0.261 e. The van der Waals surface area contributed by atoms with Gasteiger partial charge < -0.3 is 10.6 Å². The van der Waals surface area contributed by atoms with Gasteiger partial charge in [-0.2, -0.15) is 5.10 Å². The van der Waals surface area contributed by atoms with Crippen LogP contribution in [-0.4, -0.2) is 15.7 Å². The molecule has 1 aliphatic rings. The van der Waals surface area contributed by atoms with E-state index in [1.54, 1.807) is 41.1 Å². The summed E-state index contributed by atoms with van der Waals surface area (Å²) >= 11 is 5.94. The number of nitrogens with one attached hydrogen (secondary N) is 2. The molecule has 0 fully saturated rings. The molecule has 164 valence electrons. The van der Waals surface area contributed by atoms with Crippen molar-refractivity contribution < 1.29 is 9.18 Å². The molecule has 2 N–H and O–H groups in total. The molecule has 1 aromatic heterocycles. The summed E-state index contributed by atoms with van der Waals surface area (Å²) in [5.41, 5.74) is 4.86. The Morgan fingerprint density at radius 3 is 2.42 bits per heavy atom. The smallest absolute Gasteiger partial charge is 0.261 e. The second-order valence-corrected chi connectivity index (χ2v) is 8.32. The van der Waals surface area contributed by atoms with E-state index in [-0.39, 0.29) is 17.8 Å². The predicted molar refractivity (Wildman–Crippen MR) is 129 cm³/mol. The number of anilines is 2. The number of nitrogens with zero attached hydrogens (tertiary/aromatic N) is 2. The first-order valence-corrected chi connectivity index (χ1v) is 10.8. The van der Waals surface area contributed by atoms with Gasteiger partial charge in [0.05, 0.1) is 12.2 Å². The number of hydrogen-bond acceptors (Lipinski definition) is 3. The molecule has 0 saturated heterocycles. The van der Waals surface area contributed by atoms with Gasteiger partial charge >= 0.3 is 0 Å². The van der Waals surface area contributed by atoms with Crippen molar-refractivity contribution in [3.05, 3.63) is 118 Å². The largest absolute Gasteiger partial charge is 0.339 e. The van der Waals surface area contributed by atoms with E-state index in [4.69, 9.17) is 11.6 Å². The number of fused-ring (bicyclic) bond motifs is 1. The number of amides is 1. The van der Waals surface area contributed by atoms with E-state index >= 15 is 0 Å². The molecule has 3 aromatic carbocycles. The number of carbonyl (C=O) groups is 1. The minimum atomic E-state index is -0.310. The SMILES string of the molecule is Cc1ccc(C2=C[C@H](c3ccc(F)cc3)n3ncc(C(=O)Nc4ccc(Cl)cc4)c3N2)cc1. The van der Waals surface area contributed by atoms with Crippen LogP contribution < -0.4 is 10.6 Å². The van der Waals surface area contributed by atoms with E-state index in [2.05, 4.69) is 15.7 Å². The lowest BCUT2D eigenvalue weighted by Gasteiger charge is -2.26. The van der Waals surface area contributed by atoms with Gasteiger partial charge in [-0.3, -0.25) is 4.79 Å². The molecule has 4 aromatic rings. The standard InChI is InChI=1S/C26H20ClFN4O/c1-16-2-4-17(5-3-16)23-14-24(18-6-10-20(28)11-7-18)32-25(31-23)22(15-29-32)26(33)30-21-12-8-19(27)9-13-21/h2-15,24,31H,1H3,(H,30,33)/t24-/m1/s1. The Morgan fingerprint density at radius 2 is 1.73 bits per heavy atom. The van der Waals surface area contributed by atoms with Gasteiger partial charge in [-0.15, -0.1) is 0 Å². The van der Waals surface area contributed by atoms with Crippen LogP contribution in [0.5, 0.6) is 0 Å². The number of rotatable bonds is 4. The molecule has 0 saturated carbocycles. The molecule has 0 spiro atoms. The molecule has 1 amide bonds. The fourth-order valence-corrected chi connectivity index (χ4v) is 3.92. The minimum absolute atomic E-state index is 0.297. The van der Waals surface area contributed by atoms with E-state index in [1.807, 2.05) is 37.3 Å². The van der Waals surface area contributed by atoms with Gasteiger partial charge in [-0.05, 0) is 60.5 Å². The van der Waals surface area contributed by atoms with Crippen LogP contribution in [0.1, 0.15) is 33.1 Å². The highest BCUT2D eigenvalue weighted by Crippen LogP contribution is 2.35. The highest BCUT2D eigenvalue weighted by molar-refractivity contribution is 6.30. The van der Waals surface area contributed by atoms with E-state index in [0.717, 1.165) is 22.4 Å². The Bertz CT molecular complexity index is 1340. The van der Waals surface area contributed by atoms with Crippen LogP contribution in [0.15, 0.2) is 85.1 Å². The lowest BCUT2D eigenvalue weighted by Crippen LogP contribution is -2.22. The Labute approximate surface area is 195 Å². The number of benzene rings is 3. The molecule has 1 aliphatic heterocycles. The second kappa shape index (κ2) is 8.56. The highest BCUT2D eigenvalue weighted by Gasteiger charge is 2.28.